The summed E-state index contributed by atoms with van der Waals surface area (Å²) in [5.41, 5.74) is 0.402. The molecule has 0 amide bonds. The van der Waals surface area contributed by atoms with E-state index >= 15 is 0 Å². The molecule has 0 saturated carbocycles. The molecule has 0 bridgehead atoms. The molecule has 0 fully saturated rings. The van der Waals surface area contributed by atoms with Gasteiger partial charge in [0.25, 0.3) is 5.79 Å². The topological polar surface area (TPSA) is 78.9 Å². The molecular formula is C17H24O6. The number of carbonyl (C=O) groups excluding carboxylic acids is 3. The molecule has 0 rings (SSSR count). The van der Waals surface area contributed by atoms with Crippen LogP contribution in [-0.4, -0.2) is 29.8 Å². The molecule has 0 aromatic rings. The summed E-state index contributed by atoms with van der Waals surface area (Å²) in [6, 6.07) is 0. The predicted molar refractivity (Wildman–Crippen MR) is 85.2 cm³/mol. The number of hydrogen-bond donors (Lipinski definition) is 0. The van der Waals surface area contributed by atoms with E-state index in [9.17, 15) is 14.4 Å². The molecule has 0 aromatic carbocycles. The highest BCUT2D eigenvalue weighted by molar-refractivity contribution is 5.89. The third kappa shape index (κ3) is 5.73. The van der Waals surface area contributed by atoms with Crippen LogP contribution in [0.4, 0.5) is 0 Å². The highest BCUT2D eigenvalue weighted by Crippen LogP contribution is 2.28. The SMILES string of the molecule is C=C(C)C(=O)OC(C)C(CC)(OC(=O)C(=C)C)OC(=O)C(=C)C. The number of carbonyl (C=O) groups is 3. The molecule has 0 spiro atoms. The molecule has 0 aliphatic carbocycles. The first-order valence-corrected chi connectivity index (χ1v) is 7.11. The van der Waals surface area contributed by atoms with Gasteiger partial charge in [-0.05, 0) is 27.7 Å². The second-order valence-electron chi connectivity index (χ2n) is 5.33. The van der Waals surface area contributed by atoms with Crippen molar-refractivity contribution >= 4 is 17.9 Å². The third-order valence-electron chi connectivity index (χ3n) is 2.97. The fourth-order valence-electron chi connectivity index (χ4n) is 1.46. The Morgan fingerprint density at radius 1 is 0.870 bits per heavy atom. The molecule has 23 heavy (non-hydrogen) atoms. The zero-order chi connectivity index (χ0) is 18.4. The molecule has 0 aromatic heterocycles. The summed E-state index contributed by atoms with van der Waals surface area (Å²) in [5.74, 6) is -4.00. The van der Waals surface area contributed by atoms with E-state index in [0.717, 1.165) is 0 Å². The van der Waals surface area contributed by atoms with Crippen LogP contribution in [0.25, 0.3) is 0 Å². The molecule has 0 radical (unpaired) electrons. The number of esters is 3. The average Bonchev–Trinajstić information content (AvgIpc) is 2.45. The number of ether oxygens (including phenoxy) is 3. The molecule has 0 N–H and O–H groups in total. The first-order valence-electron chi connectivity index (χ1n) is 7.11. The molecule has 0 aliphatic heterocycles. The maximum absolute atomic E-state index is 11.9. The Hall–Kier alpha value is -2.37. The van der Waals surface area contributed by atoms with Gasteiger partial charge in [0.2, 0.25) is 0 Å². The van der Waals surface area contributed by atoms with Crippen LogP contribution in [0.15, 0.2) is 36.5 Å². The molecule has 0 saturated heterocycles. The van der Waals surface area contributed by atoms with Crippen molar-refractivity contribution in [3.8, 4) is 0 Å². The minimum Gasteiger partial charge on any atom is -0.451 e. The van der Waals surface area contributed by atoms with Crippen LogP contribution >= 0.6 is 0 Å². The van der Waals surface area contributed by atoms with Gasteiger partial charge in [0.05, 0.1) is 0 Å². The van der Waals surface area contributed by atoms with Gasteiger partial charge in [-0.3, -0.25) is 0 Å². The third-order valence-corrected chi connectivity index (χ3v) is 2.97. The maximum atomic E-state index is 11.9. The Bertz CT molecular complexity index is 515. The zero-order valence-corrected chi connectivity index (χ0v) is 14.4. The lowest BCUT2D eigenvalue weighted by molar-refractivity contribution is -0.259. The lowest BCUT2D eigenvalue weighted by Crippen LogP contribution is -2.50. The lowest BCUT2D eigenvalue weighted by atomic mass is 10.1. The maximum Gasteiger partial charge on any atom is 0.336 e. The van der Waals surface area contributed by atoms with E-state index in [1.54, 1.807) is 6.92 Å². The first-order chi connectivity index (χ1) is 10.5. The van der Waals surface area contributed by atoms with Gasteiger partial charge in [-0.25, -0.2) is 14.4 Å². The van der Waals surface area contributed by atoms with Crippen LogP contribution in [0.5, 0.6) is 0 Å². The van der Waals surface area contributed by atoms with Crippen molar-refractivity contribution in [1.82, 2.24) is 0 Å². The Balaban J connectivity index is 5.62. The van der Waals surface area contributed by atoms with E-state index < -0.39 is 29.8 Å². The Kier molecular flexibility index (Phi) is 7.46. The monoisotopic (exact) mass is 324 g/mol. The van der Waals surface area contributed by atoms with Crippen molar-refractivity contribution in [1.29, 1.82) is 0 Å². The summed E-state index contributed by atoms with van der Waals surface area (Å²) < 4.78 is 15.7. The minimum atomic E-state index is -1.78. The fraction of sp³-hybridized carbons (Fsp3) is 0.471. The largest absolute Gasteiger partial charge is 0.451 e. The first kappa shape index (κ1) is 20.6. The van der Waals surface area contributed by atoms with Crippen molar-refractivity contribution in [2.45, 2.75) is 52.9 Å². The van der Waals surface area contributed by atoms with E-state index in [0.29, 0.717) is 0 Å². The summed E-state index contributed by atoms with van der Waals surface area (Å²) in [6.45, 7) is 17.9. The molecule has 128 valence electrons. The Morgan fingerprint density at radius 2 is 1.22 bits per heavy atom. The molecular weight excluding hydrogens is 300 g/mol. The fourth-order valence-corrected chi connectivity index (χ4v) is 1.46. The van der Waals surface area contributed by atoms with E-state index in [4.69, 9.17) is 14.2 Å². The van der Waals surface area contributed by atoms with Crippen molar-refractivity contribution in [2.75, 3.05) is 0 Å². The predicted octanol–water partition coefficient (Wildman–Crippen LogP) is 2.84. The summed E-state index contributed by atoms with van der Waals surface area (Å²) in [5, 5.41) is 0. The molecule has 6 nitrogen and oxygen atoms in total. The van der Waals surface area contributed by atoms with Crippen molar-refractivity contribution < 1.29 is 28.6 Å². The van der Waals surface area contributed by atoms with Gasteiger partial charge in [0.15, 0.2) is 6.10 Å². The van der Waals surface area contributed by atoms with E-state index in [1.807, 2.05) is 0 Å². The van der Waals surface area contributed by atoms with E-state index in [1.165, 1.54) is 27.7 Å². The average molecular weight is 324 g/mol. The summed E-state index contributed by atoms with van der Waals surface area (Å²) >= 11 is 0. The minimum absolute atomic E-state index is 0.0652. The van der Waals surface area contributed by atoms with Gasteiger partial charge in [-0.15, -0.1) is 0 Å². The standard InChI is InChI=1S/C17H24O6/c1-9-17(22-15(19)11(4)5,23-16(20)12(6)7)13(8)21-14(18)10(2)3/h13H,2,4,6,9H2,1,3,5,7-8H3. The number of hydrogen-bond acceptors (Lipinski definition) is 6. The van der Waals surface area contributed by atoms with Crippen molar-refractivity contribution in [3.63, 3.8) is 0 Å². The molecule has 0 aliphatic rings. The second-order valence-corrected chi connectivity index (χ2v) is 5.33. The quantitative estimate of drug-likeness (QED) is 0.388. The van der Waals surface area contributed by atoms with Crippen LogP contribution < -0.4 is 0 Å². The van der Waals surface area contributed by atoms with Crippen LogP contribution in [0.2, 0.25) is 0 Å². The van der Waals surface area contributed by atoms with Gasteiger partial charge in [0.1, 0.15) is 0 Å². The van der Waals surface area contributed by atoms with Crippen molar-refractivity contribution in [3.05, 3.63) is 36.5 Å². The Labute approximate surface area is 136 Å². The molecule has 0 heterocycles. The van der Waals surface area contributed by atoms with Gasteiger partial charge in [-0.2, -0.15) is 0 Å². The van der Waals surface area contributed by atoms with Gasteiger partial charge in [-0.1, -0.05) is 26.7 Å². The van der Waals surface area contributed by atoms with E-state index in [2.05, 4.69) is 19.7 Å². The number of rotatable bonds is 8. The summed E-state index contributed by atoms with van der Waals surface area (Å²) in [7, 11) is 0. The highest BCUT2D eigenvalue weighted by Gasteiger charge is 2.45. The van der Waals surface area contributed by atoms with Crippen LogP contribution in [-0.2, 0) is 28.6 Å². The Morgan fingerprint density at radius 3 is 1.48 bits per heavy atom. The molecule has 1 unspecified atom stereocenters. The van der Waals surface area contributed by atoms with Gasteiger partial charge < -0.3 is 14.2 Å². The smallest absolute Gasteiger partial charge is 0.336 e. The molecule has 6 heteroatoms. The van der Waals surface area contributed by atoms with Crippen LogP contribution in [0, 0.1) is 0 Å². The lowest BCUT2D eigenvalue weighted by Gasteiger charge is -2.36. The van der Waals surface area contributed by atoms with Crippen LogP contribution in [0.1, 0.15) is 41.0 Å². The summed E-state index contributed by atoms with van der Waals surface area (Å²) in [6.07, 6.45) is -0.987. The highest BCUT2D eigenvalue weighted by atomic mass is 16.8. The van der Waals surface area contributed by atoms with E-state index in [-0.39, 0.29) is 23.1 Å². The van der Waals surface area contributed by atoms with Crippen LogP contribution in [0.3, 0.4) is 0 Å². The van der Waals surface area contributed by atoms with Gasteiger partial charge in [0, 0.05) is 23.1 Å². The summed E-state index contributed by atoms with van der Waals surface area (Å²) in [4.78, 5) is 35.5. The normalized spacial score (nSPS) is 11.9. The van der Waals surface area contributed by atoms with Crippen molar-refractivity contribution in [2.24, 2.45) is 0 Å². The zero-order valence-electron chi connectivity index (χ0n) is 14.4. The molecule has 1 atom stereocenters. The second kappa shape index (κ2) is 8.31. The van der Waals surface area contributed by atoms with Gasteiger partial charge >= 0.3 is 17.9 Å².